The maximum absolute atomic E-state index is 12.9. The topological polar surface area (TPSA) is 143 Å². The van der Waals surface area contributed by atoms with E-state index in [1.54, 1.807) is 44.2 Å². The monoisotopic (exact) mass is 521 g/mol. The lowest BCUT2D eigenvalue weighted by Crippen LogP contribution is -2.17. The predicted molar refractivity (Wildman–Crippen MR) is 150 cm³/mol. The van der Waals surface area contributed by atoms with Gasteiger partial charge in [0.2, 0.25) is 0 Å². The van der Waals surface area contributed by atoms with Gasteiger partial charge in [0.25, 0.3) is 16.8 Å². The average molecular weight is 522 g/mol. The van der Waals surface area contributed by atoms with Crippen LogP contribution in [0.25, 0.3) is 11.4 Å². The fourth-order valence-corrected chi connectivity index (χ4v) is 4.06. The van der Waals surface area contributed by atoms with E-state index >= 15 is 0 Å². The standard InChI is InChI=1S/C28H23N7O4/c1-18-23(27(36)33(31-18)21-9-5-3-6-10-21)16-29-20-13-14-25(26(15-20)35(38)39)30-17-24-19(2)32-34(28(24)37)22-11-7-4-8-12-22/h3-17,31-32H,1-2H3. The summed E-state index contributed by atoms with van der Waals surface area (Å²) >= 11 is 0. The molecule has 5 rings (SSSR count). The van der Waals surface area contributed by atoms with E-state index in [-0.39, 0.29) is 33.7 Å². The summed E-state index contributed by atoms with van der Waals surface area (Å²) in [4.78, 5) is 45.6. The number of nitrogens with zero attached hydrogens (tertiary/aromatic N) is 5. The molecule has 11 heteroatoms. The number of benzene rings is 3. The number of nitro benzene ring substituents is 1. The largest absolute Gasteiger partial charge is 0.296 e. The van der Waals surface area contributed by atoms with Crippen LogP contribution >= 0.6 is 0 Å². The van der Waals surface area contributed by atoms with E-state index in [0.29, 0.717) is 28.3 Å². The van der Waals surface area contributed by atoms with Gasteiger partial charge >= 0.3 is 0 Å². The number of aliphatic imine (C=N–C) groups is 2. The highest BCUT2D eigenvalue weighted by atomic mass is 16.6. The van der Waals surface area contributed by atoms with Gasteiger partial charge in [0.1, 0.15) is 5.69 Å². The average Bonchev–Trinajstić information content (AvgIpc) is 3.40. The maximum atomic E-state index is 12.9. The zero-order valence-electron chi connectivity index (χ0n) is 21.0. The first-order chi connectivity index (χ1) is 18.8. The van der Waals surface area contributed by atoms with Crippen LogP contribution < -0.4 is 11.1 Å². The molecular weight excluding hydrogens is 498 g/mol. The van der Waals surface area contributed by atoms with E-state index in [2.05, 4.69) is 20.2 Å². The van der Waals surface area contributed by atoms with Gasteiger partial charge in [-0.3, -0.25) is 34.9 Å². The second kappa shape index (κ2) is 10.4. The summed E-state index contributed by atoms with van der Waals surface area (Å²) in [5, 5.41) is 17.8. The van der Waals surface area contributed by atoms with E-state index < -0.39 is 4.92 Å². The Hall–Kier alpha value is -5.58. The molecule has 0 atom stereocenters. The summed E-state index contributed by atoms with van der Waals surface area (Å²) in [5.41, 5.74) is 2.56. The van der Waals surface area contributed by atoms with Crippen LogP contribution in [0.15, 0.2) is 98.4 Å². The van der Waals surface area contributed by atoms with Crippen LogP contribution in [0, 0.1) is 24.0 Å². The summed E-state index contributed by atoms with van der Waals surface area (Å²) in [6.07, 6.45) is 2.69. The fraction of sp³-hybridized carbons (Fsp3) is 0.0714. The van der Waals surface area contributed by atoms with Gasteiger partial charge in [0.05, 0.1) is 33.1 Å². The molecule has 0 saturated carbocycles. The molecule has 2 heterocycles. The molecule has 11 nitrogen and oxygen atoms in total. The Morgan fingerprint density at radius 1 is 0.744 bits per heavy atom. The molecule has 0 unspecified atom stereocenters. The van der Waals surface area contributed by atoms with Crippen molar-refractivity contribution >= 4 is 29.5 Å². The van der Waals surface area contributed by atoms with Gasteiger partial charge in [0, 0.05) is 29.9 Å². The zero-order chi connectivity index (χ0) is 27.5. The molecule has 0 aliphatic rings. The minimum atomic E-state index is -0.568. The number of nitrogens with one attached hydrogen (secondary N) is 2. The van der Waals surface area contributed by atoms with Crippen molar-refractivity contribution in [1.29, 1.82) is 0 Å². The fourth-order valence-electron chi connectivity index (χ4n) is 4.06. The summed E-state index contributed by atoms with van der Waals surface area (Å²) in [5.74, 6) is 0. The van der Waals surface area contributed by atoms with Gasteiger partial charge in [-0.15, -0.1) is 0 Å². The lowest BCUT2D eigenvalue weighted by atomic mass is 10.2. The van der Waals surface area contributed by atoms with Gasteiger partial charge < -0.3 is 0 Å². The van der Waals surface area contributed by atoms with Crippen molar-refractivity contribution in [3.05, 3.63) is 132 Å². The third-order valence-electron chi connectivity index (χ3n) is 6.09. The van der Waals surface area contributed by atoms with Gasteiger partial charge in [-0.05, 0) is 50.2 Å². The normalized spacial score (nSPS) is 11.5. The van der Waals surface area contributed by atoms with Crippen LogP contribution in [0.3, 0.4) is 0 Å². The molecule has 0 fully saturated rings. The molecule has 2 aromatic heterocycles. The third kappa shape index (κ3) is 5.01. The number of aromatic nitrogens is 4. The van der Waals surface area contributed by atoms with Gasteiger partial charge in [-0.1, -0.05) is 36.4 Å². The van der Waals surface area contributed by atoms with Crippen molar-refractivity contribution < 1.29 is 4.92 Å². The Morgan fingerprint density at radius 2 is 1.23 bits per heavy atom. The highest BCUT2D eigenvalue weighted by Gasteiger charge is 2.16. The van der Waals surface area contributed by atoms with Crippen LogP contribution in [0.5, 0.6) is 0 Å². The SMILES string of the molecule is Cc1[nH]n(-c2ccccc2)c(=O)c1C=Nc1ccc(N=Cc2c(C)[nH]n(-c3ccccc3)c2=O)c([N+](=O)[O-])c1. The lowest BCUT2D eigenvalue weighted by Gasteiger charge is -2.00. The van der Waals surface area contributed by atoms with Crippen LogP contribution in [-0.4, -0.2) is 36.9 Å². The molecular formula is C28H23N7O4. The van der Waals surface area contributed by atoms with Crippen molar-refractivity contribution in [3.63, 3.8) is 0 Å². The van der Waals surface area contributed by atoms with Crippen molar-refractivity contribution in [2.24, 2.45) is 9.98 Å². The predicted octanol–water partition coefficient (Wildman–Crippen LogP) is 4.67. The number of hydrogen-bond acceptors (Lipinski definition) is 6. The second-order valence-electron chi connectivity index (χ2n) is 8.70. The van der Waals surface area contributed by atoms with E-state index in [0.717, 1.165) is 0 Å². The number of aromatic amines is 2. The molecule has 194 valence electrons. The Balaban J connectivity index is 1.44. The lowest BCUT2D eigenvalue weighted by molar-refractivity contribution is -0.384. The maximum Gasteiger partial charge on any atom is 0.296 e. The highest BCUT2D eigenvalue weighted by Crippen LogP contribution is 2.31. The summed E-state index contributed by atoms with van der Waals surface area (Å²) in [6, 6.07) is 22.4. The molecule has 0 amide bonds. The Labute approximate surface area is 221 Å². The second-order valence-corrected chi connectivity index (χ2v) is 8.70. The number of nitro groups is 1. The highest BCUT2D eigenvalue weighted by molar-refractivity contribution is 5.86. The summed E-state index contributed by atoms with van der Waals surface area (Å²) < 4.78 is 2.80. The molecule has 5 aromatic rings. The van der Waals surface area contributed by atoms with Crippen molar-refractivity contribution in [1.82, 2.24) is 19.6 Å². The summed E-state index contributed by atoms with van der Waals surface area (Å²) in [6.45, 7) is 3.47. The number of hydrogen-bond donors (Lipinski definition) is 2. The van der Waals surface area contributed by atoms with E-state index in [9.17, 15) is 19.7 Å². The summed E-state index contributed by atoms with van der Waals surface area (Å²) in [7, 11) is 0. The molecule has 0 saturated heterocycles. The smallest absolute Gasteiger partial charge is 0.295 e. The van der Waals surface area contributed by atoms with Gasteiger partial charge in [-0.25, -0.2) is 14.4 Å². The van der Waals surface area contributed by atoms with Gasteiger partial charge in [0.15, 0.2) is 0 Å². The van der Waals surface area contributed by atoms with Crippen LogP contribution in [0.2, 0.25) is 0 Å². The minimum absolute atomic E-state index is 0.0643. The Kier molecular flexibility index (Phi) is 6.70. The molecule has 0 spiro atoms. The van der Waals surface area contributed by atoms with Crippen LogP contribution in [0.4, 0.5) is 17.1 Å². The molecule has 0 aliphatic carbocycles. The first-order valence-corrected chi connectivity index (χ1v) is 11.9. The molecule has 0 aliphatic heterocycles. The van der Waals surface area contributed by atoms with Crippen molar-refractivity contribution in [2.75, 3.05) is 0 Å². The number of rotatable bonds is 7. The molecule has 39 heavy (non-hydrogen) atoms. The van der Waals surface area contributed by atoms with Crippen LogP contribution in [0.1, 0.15) is 22.5 Å². The molecule has 0 radical (unpaired) electrons. The van der Waals surface area contributed by atoms with E-state index in [4.69, 9.17) is 0 Å². The number of para-hydroxylation sites is 2. The first-order valence-electron chi connectivity index (χ1n) is 11.9. The molecule has 2 N–H and O–H groups in total. The number of H-pyrrole nitrogens is 2. The van der Waals surface area contributed by atoms with E-state index in [1.807, 2.05) is 36.4 Å². The van der Waals surface area contributed by atoms with E-state index in [1.165, 1.54) is 33.9 Å². The Bertz CT molecular complexity index is 1840. The zero-order valence-corrected chi connectivity index (χ0v) is 21.0. The molecule has 0 bridgehead atoms. The third-order valence-corrected chi connectivity index (χ3v) is 6.09. The van der Waals surface area contributed by atoms with Gasteiger partial charge in [-0.2, -0.15) is 0 Å². The van der Waals surface area contributed by atoms with Crippen molar-refractivity contribution in [2.45, 2.75) is 13.8 Å². The first kappa shape index (κ1) is 25.1. The number of aryl methyl sites for hydroxylation is 2. The molecule has 3 aromatic carbocycles. The van der Waals surface area contributed by atoms with Crippen LogP contribution in [-0.2, 0) is 0 Å². The minimum Gasteiger partial charge on any atom is -0.295 e. The quantitative estimate of drug-likeness (QED) is 0.182. The Morgan fingerprint density at radius 3 is 1.72 bits per heavy atom. The van der Waals surface area contributed by atoms with Crippen molar-refractivity contribution in [3.8, 4) is 11.4 Å².